The van der Waals surface area contributed by atoms with Gasteiger partial charge in [-0.05, 0) is 69.3 Å². The number of carbonyl (C=O) groups excluding carboxylic acids is 3. The molecule has 4 bridgehead atoms. The smallest absolute Gasteiger partial charge is 0.375 e. The second-order valence-electron chi connectivity index (χ2n) is 9.82. The number of imide groups is 1. The molecule has 4 saturated carbocycles. The Morgan fingerprint density at radius 3 is 2.39 bits per heavy atom. The summed E-state index contributed by atoms with van der Waals surface area (Å²) in [4.78, 5) is 37.5. The van der Waals surface area contributed by atoms with Crippen LogP contribution in [0.2, 0.25) is 0 Å². The molecule has 0 radical (unpaired) electrons. The zero-order valence-electron chi connectivity index (χ0n) is 18.9. The van der Waals surface area contributed by atoms with Gasteiger partial charge in [-0.25, -0.2) is 9.59 Å². The Morgan fingerprint density at radius 1 is 1.06 bits per heavy atom. The van der Waals surface area contributed by atoms with Gasteiger partial charge in [-0.15, -0.1) is 0 Å². The lowest BCUT2D eigenvalue weighted by atomic mass is 9.53. The molecule has 0 spiro atoms. The molecule has 2 N–H and O–H groups in total. The van der Waals surface area contributed by atoms with Crippen LogP contribution in [0.3, 0.4) is 0 Å². The summed E-state index contributed by atoms with van der Waals surface area (Å²) in [5, 5.41) is 6.16. The molecule has 1 heterocycles. The van der Waals surface area contributed by atoms with Crippen molar-refractivity contribution in [2.75, 3.05) is 13.2 Å². The number of para-hydroxylation sites is 1. The molecule has 0 unspecified atom stereocenters. The monoisotopic (exact) mass is 454 g/mol. The van der Waals surface area contributed by atoms with E-state index in [-0.39, 0.29) is 17.9 Å². The van der Waals surface area contributed by atoms with E-state index in [0.29, 0.717) is 35.5 Å². The number of esters is 1. The van der Waals surface area contributed by atoms with Gasteiger partial charge in [-0.3, -0.25) is 10.1 Å². The highest BCUT2D eigenvalue weighted by Gasteiger charge is 2.51. The average Bonchev–Trinajstić information content (AvgIpc) is 3.13. The molecule has 2 aromatic rings. The van der Waals surface area contributed by atoms with Gasteiger partial charge in [0.2, 0.25) is 5.76 Å². The molecule has 6 rings (SSSR count). The number of fused-ring (bicyclic) bond motifs is 1. The van der Waals surface area contributed by atoms with E-state index in [1.807, 2.05) is 19.1 Å². The van der Waals surface area contributed by atoms with Gasteiger partial charge < -0.3 is 19.2 Å². The third-order valence-electron chi connectivity index (χ3n) is 7.34. The zero-order valence-corrected chi connectivity index (χ0v) is 18.9. The van der Waals surface area contributed by atoms with Crippen molar-refractivity contribution in [1.82, 2.24) is 10.6 Å². The first kappa shape index (κ1) is 21.9. The average molecular weight is 455 g/mol. The van der Waals surface area contributed by atoms with Crippen LogP contribution in [-0.4, -0.2) is 36.7 Å². The molecule has 176 valence electrons. The lowest BCUT2D eigenvalue weighted by Gasteiger charge is -2.56. The van der Waals surface area contributed by atoms with Crippen LogP contribution in [0.1, 0.15) is 61.6 Å². The van der Waals surface area contributed by atoms with E-state index in [9.17, 15) is 14.4 Å². The first-order valence-electron chi connectivity index (χ1n) is 11.8. The van der Waals surface area contributed by atoms with E-state index in [4.69, 9.17) is 13.9 Å². The topological polar surface area (TPSA) is 107 Å². The van der Waals surface area contributed by atoms with Crippen LogP contribution in [0.4, 0.5) is 4.79 Å². The Balaban J connectivity index is 1.17. The standard InChI is InChI=1S/C25H30N2O6/c1-2-31-13-19-18-5-3-4-6-20(18)33-22(19)23(29)32-14-21(28)26-24(30)27-25-10-15-7-16(11-25)9-17(8-15)12-25/h3-6,15-17H,2,7-14H2,1H3,(H2,26,27,28,30). The van der Waals surface area contributed by atoms with Crippen molar-refractivity contribution in [3.63, 3.8) is 0 Å². The number of hydrogen-bond donors (Lipinski definition) is 2. The van der Waals surface area contributed by atoms with Crippen LogP contribution >= 0.6 is 0 Å². The van der Waals surface area contributed by atoms with Gasteiger partial charge in [0.1, 0.15) is 5.58 Å². The Morgan fingerprint density at radius 2 is 1.73 bits per heavy atom. The first-order chi connectivity index (χ1) is 15.9. The summed E-state index contributed by atoms with van der Waals surface area (Å²) in [6.07, 6.45) is 6.78. The third kappa shape index (κ3) is 4.49. The van der Waals surface area contributed by atoms with Crippen LogP contribution < -0.4 is 10.6 Å². The molecule has 0 atom stereocenters. The number of urea groups is 1. The van der Waals surface area contributed by atoms with E-state index >= 15 is 0 Å². The van der Waals surface area contributed by atoms with Gasteiger partial charge in [0.25, 0.3) is 5.91 Å². The zero-order chi connectivity index (χ0) is 23.0. The molecule has 4 aliphatic rings. The molecular weight excluding hydrogens is 424 g/mol. The van der Waals surface area contributed by atoms with E-state index < -0.39 is 24.5 Å². The molecule has 8 heteroatoms. The van der Waals surface area contributed by atoms with Gasteiger partial charge in [-0.2, -0.15) is 0 Å². The van der Waals surface area contributed by atoms with Crippen LogP contribution in [0, 0.1) is 17.8 Å². The van der Waals surface area contributed by atoms with E-state index in [1.54, 1.807) is 12.1 Å². The van der Waals surface area contributed by atoms with Crippen LogP contribution in [0.25, 0.3) is 11.0 Å². The summed E-state index contributed by atoms with van der Waals surface area (Å²) in [6, 6.07) is 6.73. The van der Waals surface area contributed by atoms with Crippen molar-refractivity contribution in [3.8, 4) is 0 Å². The van der Waals surface area contributed by atoms with Crippen molar-refractivity contribution in [2.45, 2.75) is 57.6 Å². The quantitative estimate of drug-likeness (QED) is 0.614. The van der Waals surface area contributed by atoms with E-state index in [2.05, 4.69) is 10.6 Å². The number of carbonyl (C=O) groups is 3. The molecule has 0 aliphatic heterocycles. The van der Waals surface area contributed by atoms with Crippen LogP contribution in [-0.2, 0) is 20.9 Å². The third-order valence-corrected chi connectivity index (χ3v) is 7.34. The predicted molar refractivity (Wildman–Crippen MR) is 119 cm³/mol. The van der Waals surface area contributed by atoms with Crippen molar-refractivity contribution in [2.24, 2.45) is 17.8 Å². The summed E-state index contributed by atoms with van der Waals surface area (Å²) in [5.41, 5.74) is 0.925. The summed E-state index contributed by atoms with van der Waals surface area (Å²) in [5.74, 6) is 0.620. The molecule has 8 nitrogen and oxygen atoms in total. The number of rotatable bonds is 7. The fourth-order valence-corrected chi connectivity index (χ4v) is 6.51. The van der Waals surface area contributed by atoms with Gasteiger partial charge in [-0.1, -0.05) is 18.2 Å². The maximum atomic E-state index is 12.6. The fraction of sp³-hybridized carbons (Fsp3) is 0.560. The Bertz CT molecular complexity index is 1040. The second-order valence-corrected chi connectivity index (χ2v) is 9.82. The van der Waals surface area contributed by atoms with E-state index in [1.165, 1.54) is 19.3 Å². The van der Waals surface area contributed by atoms with Crippen LogP contribution in [0.5, 0.6) is 0 Å². The Kier molecular flexibility index (Phi) is 5.86. The lowest BCUT2D eigenvalue weighted by Crippen LogP contribution is -2.62. The number of ether oxygens (including phenoxy) is 2. The second kappa shape index (κ2) is 8.82. The van der Waals surface area contributed by atoms with Gasteiger partial charge >= 0.3 is 12.0 Å². The molecule has 1 aromatic heterocycles. The van der Waals surface area contributed by atoms with Gasteiger partial charge in [0, 0.05) is 23.1 Å². The molecule has 3 amide bonds. The Labute approximate surface area is 192 Å². The summed E-state index contributed by atoms with van der Waals surface area (Å²) >= 11 is 0. The number of hydrogen-bond acceptors (Lipinski definition) is 6. The minimum Gasteiger partial charge on any atom is -0.450 e. The number of nitrogens with one attached hydrogen (secondary N) is 2. The first-order valence-corrected chi connectivity index (χ1v) is 11.8. The molecule has 4 aliphatic carbocycles. The largest absolute Gasteiger partial charge is 0.450 e. The minimum absolute atomic E-state index is 0.00969. The Hall–Kier alpha value is -2.87. The maximum absolute atomic E-state index is 12.6. The predicted octanol–water partition coefficient (Wildman–Crippen LogP) is 3.92. The molecule has 0 saturated heterocycles. The SMILES string of the molecule is CCOCc1c(C(=O)OCC(=O)NC(=O)NC23CC4CC(CC(C4)C2)C3)oc2ccccc12. The normalized spacial score (nSPS) is 27.5. The van der Waals surface area contributed by atoms with Crippen molar-refractivity contribution < 1.29 is 28.3 Å². The minimum atomic E-state index is -0.766. The summed E-state index contributed by atoms with van der Waals surface area (Å²) < 4.78 is 16.3. The summed E-state index contributed by atoms with van der Waals surface area (Å²) in [7, 11) is 0. The number of amides is 3. The lowest BCUT2D eigenvalue weighted by molar-refractivity contribution is -0.123. The fourth-order valence-electron chi connectivity index (χ4n) is 6.51. The maximum Gasteiger partial charge on any atom is 0.375 e. The highest BCUT2D eigenvalue weighted by atomic mass is 16.5. The molecule has 4 fully saturated rings. The van der Waals surface area contributed by atoms with Gasteiger partial charge in [0.15, 0.2) is 6.61 Å². The number of benzene rings is 1. The van der Waals surface area contributed by atoms with Crippen molar-refractivity contribution >= 4 is 28.9 Å². The summed E-state index contributed by atoms with van der Waals surface area (Å²) in [6.45, 7) is 1.96. The highest BCUT2D eigenvalue weighted by molar-refractivity contribution is 5.99. The van der Waals surface area contributed by atoms with Crippen molar-refractivity contribution in [1.29, 1.82) is 0 Å². The molecular formula is C25H30N2O6. The molecule has 33 heavy (non-hydrogen) atoms. The highest BCUT2D eigenvalue weighted by Crippen LogP contribution is 2.55. The number of furan rings is 1. The van der Waals surface area contributed by atoms with E-state index in [0.717, 1.165) is 24.6 Å². The molecule has 1 aromatic carbocycles. The van der Waals surface area contributed by atoms with Crippen molar-refractivity contribution in [3.05, 3.63) is 35.6 Å². The van der Waals surface area contributed by atoms with Gasteiger partial charge in [0.05, 0.1) is 6.61 Å². The van der Waals surface area contributed by atoms with Crippen LogP contribution in [0.15, 0.2) is 28.7 Å².